The van der Waals surface area contributed by atoms with Crippen molar-refractivity contribution in [1.82, 2.24) is 5.32 Å². The van der Waals surface area contributed by atoms with Gasteiger partial charge < -0.3 is 10.1 Å². The highest BCUT2D eigenvalue weighted by molar-refractivity contribution is 6.01. The molecule has 98 valence electrons. The van der Waals surface area contributed by atoms with Crippen LogP contribution >= 0.6 is 0 Å². The van der Waals surface area contributed by atoms with Gasteiger partial charge in [-0.15, -0.1) is 0 Å². The van der Waals surface area contributed by atoms with Gasteiger partial charge in [0.15, 0.2) is 0 Å². The van der Waals surface area contributed by atoms with Gasteiger partial charge in [-0.05, 0) is 43.5 Å². The Kier molecular flexibility index (Phi) is 4.19. The Morgan fingerprint density at radius 3 is 2.68 bits per heavy atom. The van der Waals surface area contributed by atoms with E-state index in [1.807, 2.05) is 37.3 Å². The van der Waals surface area contributed by atoms with Crippen molar-refractivity contribution in [2.45, 2.75) is 25.8 Å². The smallest absolute Gasteiger partial charge is 0.262 e. The Balaban J connectivity index is 2.08. The van der Waals surface area contributed by atoms with Crippen LogP contribution in [0, 0.1) is 11.3 Å². The van der Waals surface area contributed by atoms with Gasteiger partial charge in [-0.2, -0.15) is 5.26 Å². The molecule has 0 radical (unpaired) electrons. The number of nitrogens with one attached hydrogen (secondary N) is 1. The van der Waals surface area contributed by atoms with Crippen LogP contribution in [0.5, 0.6) is 5.75 Å². The van der Waals surface area contributed by atoms with Crippen molar-refractivity contribution in [3.63, 3.8) is 0 Å². The number of carbonyl (C=O) groups excluding carboxylic acids is 1. The third-order valence-electron chi connectivity index (χ3n) is 2.78. The summed E-state index contributed by atoms with van der Waals surface area (Å²) in [6.45, 7) is 2.53. The quantitative estimate of drug-likeness (QED) is 0.649. The summed E-state index contributed by atoms with van der Waals surface area (Å²) in [7, 11) is 0. The minimum absolute atomic E-state index is 0.135. The maximum atomic E-state index is 11.8. The van der Waals surface area contributed by atoms with Gasteiger partial charge in [0, 0.05) is 6.04 Å². The zero-order valence-electron chi connectivity index (χ0n) is 10.8. The summed E-state index contributed by atoms with van der Waals surface area (Å²) in [6.07, 6.45) is 3.61. The molecule has 0 unspecified atom stereocenters. The third-order valence-corrected chi connectivity index (χ3v) is 2.78. The largest absolute Gasteiger partial charge is 0.494 e. The number of amides is 1. The molecule has 1 aromatic carbocycles. The lowest BCUT2D eigenvalue weighted by molar-refractivity contribution is -0.117. The molecule has 1 N–H and O–H groups in total. The van der Waals surface area contributed by atoms with E-state index in [1.165, 1.54) is 0 Å². The van der Waals surface area contributed by atoms with E-state index in [9.17, 15) is 4.79 Å². The molecule has 1 aliphatic carbocycles. The van der Waals surface area contributed by atoms with E-state index in [-0.39, 0.29) is 17.5 Å². The van der Waals surface area contributed by atoms with Gasteiger partial charge in [0.1, 0.15) is 17.4 Å². The van der Waals surface area contributed by atoms with Crippen molar-refractivity contribution in [2.24, 2.45) is 0 Å². The van der Waals surface area contributed by atoms with Crippen molar-refractivity contribution >= 4 is 12.0 Å². The summed E-state index contributed by atoms with van der Waals surface area (Å²) in [6, 6.07) is 9.49. The monoisotopic (exact) mass is 256 g/mol. The molecule has 0 atom stereocenters. The lowest BCUT2D eigenvalue weighted by Gasteiger charge is -2.03. The highest BCUT2D eigenvalue weighted by atomic mass is 16.5. The van der Waals surface area contributed by atoms with E-state index < -0.39 is 0 Å². The van der Waals surface area contributed by atoms with E-state index in [1.54, 1.807) is 6.08 Å². The molecule has 4 heteroatoms. The van der Waals surface area contributed by atoms with Crippen LogP contribution in [0.3, 0.4) is 0 Å². The number of nitriles is 1. The summed E-state index contributed by atoms with van der Waals surface area (Å²) in [5.41, 5.74) is 0.946. The number of hydrogen-bond donors (Lipinski definition) is 1. The molecule has 1 aromatic rings. The minimum Gasteiger partial charge on any atom is -0.494 e. The first-order valence-corrected chi connectivity index (χ1v) is 6.38. The molecule has 0 saturated heterocycles. The van der Waals surface area contributed by atoms with E-state index in [4.69, 9.17) is 10.00 Å². The summed E-state index contributed by atoms with van der Waals surface area (Å²) in [5, 5.41) is 11.8. The van der Waals surface area contributed by atoms with Crippen LogP contribution in [0.25, 0.3) is 6.08 Å². The average molecular weight is 256 g/mol. The fourth-order valence-corrected chi connectivity index (χ4v) is 1.63. The summed E-state index contributed by atoms with van der Waals surface area (Å²) in [5.74, 6) is 0.486. The molecule has 0 spiro atoms. The summed E-state index contributed by atoms with van der Waals surface area (Å²) >= 11 is 0. The van der Waals surface area contributed by atoms with Gasteiger partial charge in [-0.1, -0.05) is 12.1 Å². The van der Waals surface area contributed by atoms with Crippen molar-refractivity contribution < 1.29 is 9.53 Å². The fraction of sp³-hybridized carbons (Fsp3) is 0.333. The van der Waals surface area contributed by atoms with Crippen LogP contribution in [0.15, 0.2) is 29.8 Å². The van der Waals surface area contributed by atoms with Gasteiger partial charge >= 0.3 is 0 Å². The van der Waals surface area contributed by atoms with Crippen molar-refractivity contribution in [3.8, 4) is 11.8 Å². The Morgan fingerprint density at radius 2 is 2.16 bits per heavy atom. The molecule has 0 aromatic heterocycles. The molecule has 2 rings (SSSR count). The summed E-state index contributed by atoms with van der Waals surface area (Å²) in [4.78, 5) is 11.8. The SMILES string of the molecule is CCOc1ccc(/C=C(\C#N)C(=O)NC2CC2)cc1. The zero-order chi connectivity index (χ0) is 13.7. The topological polar surface area (TPSA) is 62.1 Å². The number of hydrogen-bond acceptors (Lipinski definition) is 3. The second kappa shape index (κ2) is 6.05. The molecule has 1 aliphatic rings. The maximum Gasteiger partial charge on any atom is 0.262 e. The van der Waals surface area contributed by atoms with Crippen molar-refractivity contribution in [2.75, 3.05) is 6.61 Å². The van der Waals surface area contributed by atoms with Gasteiger partial charge in [-0.25, -0.2) is 0 Å². The summed E-state index contributed by atoms with van der Waals surface area (Å²) < 4.78 is 5.34. The van der Waals surface area contributed by atoms with E-state index in [0.29, 0.717) is 6.61 Å². The molecule has 19 heavy (non-hydrogen) atoms. The molecule has 0 aliphatic heterocycles. The Morgan fingerprint density at radius 1 is 1.47 bits per heavy atom. The van der Waals surface area contributed by atoms with Crippen LogP contribution in [-0.2, 0) is 4.79 Å². The first kappa shape index (κ1) is 13.2. The maximum absolute atomic E-state index is 11.8. The van der Waals surface area contributed by atoms with Gasteiger partial charge in [-0.3, -0.25) is 4.79 Å². The van der Waals surface area contributed by atoms with Gasteiger partial charge in [0.2, 0.25) is 0 Å². The van der Waals surface area contributed by atoms with Crippen molar-refractivity contribution in [1.29, 1.82) is 5.26 Å². The fourth-order valence-electron chi connectivity index (χ4n) is 1.63. The number of ether oxygens (including phenoxy) is 1. The van der Waals surface area contributed by atoms with E-state index in [2.05, 4.69) is 5.32 Å². The van der Waals surface area contributed by atoms with Crippen LogP contribution in [0.2, 0.25) is 0 Å². The average Bonchev–Trinajstić information content (AvgIpc) is 3.22. The number of benzene rings is 1. The van der Waals surface area contributed by atoms with Crippen LogP contribution in [0.4, 0.5) is 0 Å². The van der Waals surface area contributed by atoms with Crippen molar-refractivity contribution in [3.05, 3.63) is 35.4 Å². The minimum atomic E-state index is -0.293. The molecule has 0 heterocycles. The first-order valence-electron chi connectivity index (χ1n) is 6.38. The van der Waals surface area contributed by atoms with Crippen LogP contribution in [-0.4, -0.2) is 18.6 Å². The molecule has 1 saturated carbocycles. The number of rotatable bonds is 5. The number of nitrogens with zero attached hydrogens (tertiary/aromatic N) is 1. The second-order valence-corrected chi connectivity index (χ2v) is 4.42. The zero-order valence-corrected chi connectivity index (χ0v) is 10.8. The van der Waals surface area contributed by atoms with Crippen LogP contribution < -0.4 is 10.1 Å². The Bertz CT molecular complexity index is 522. The molecule has 4 nitrogen and oxygen atoms in total. The number of carbonyl (C=O) groups is 1. The first-order chi connectivity index (χ1) is 9.22. The van der Waals surface area contributed by atoms with E-state index in [0.717, 1.165) is 24.2 Å². The lowest BCUT2D eigenvalue weighted by atomic mass is 10.1. The highest BCUT2D eigenvalue weighted by Gasteiger charge is 2.24. The van der Waals surface area contributed by atoms with Crippen LogP contribution in [0.1, 0.15) is 25.3 Å². The predicted molar refractivity (Wildman–Crippen MR) is 72.4 cm³/mol. The Labute approximate surface area is 112 Å². The standard InChI is InChI=1S/C15H16N2O2/c1-2-19-14-7-3-11(4-8-14)9-12(10-16)15(18)17-13-5-6-13/h3-4,7-9,13H,2,5-6H2,1H3,(H,17,18)/b12-9+. The molecule has 1 amide bonds. The predicted octanol–water partition coefficient (Wildman–Crippen LogP) is 2.27. The van der Waals surface area contributed by atoms with Gasteiger partial charge in [0.05, 0.1) is 6.61 Å². The molecular formula is C15H16N2O2. The molecule has 0 bridgehead atoms. The molecule has 1 fully saturated rings. The van der Waals surface area contributed by atoms with E-state index >= 15 is 0 Å². The second-order valence-electron chi connectivity index (χ2n) is 4.42. The third kappa shape index (κ3) is 3.85. The lowest BCUT2D eigenvalue weighted by Crippen LogP contribution is -2.26. The molecular weight excluding hydrogens is 240 g/mol. The highest BCUT2D eigenvalue weighted by Crippen LogP contribution is 2.20. The normalized spacial score (nSPS) is 14.6. The Hall–Kier alpha value is -2.28. The van der Waals surface area contributed by atoms with Gasteiger partial charge in [0.25, 0.3) is 5.91 Å².